The maximum absolute atomic E-state index is 13.6. The molecule has 2 amide bonds. The van der Waals surface area contributed by atoms with Crippen LogP contribution in [0.2, 0.25) is 0 Å². The molecule has 0 radical (unpaired) electrons. The number of piperidine rings is 2. The van der Waals surface area contributed by atoms with Crippen LogP contribution < -0.4 is 26.0 Å². The normalized spacial score (nSPS) is 20.6. The van der Waals surface area contributed by atoms with Crippen LogP contribution in [0.5, 0.6) is 0 Å². The molecule has 276 valence electrons. The van der Waals surface area contributed by atoms with Crippen molar-refractivity contribution in [3.05, 3.63) is 75.8 Å². The molecule has 13 heteroatoms. The molecule has 4 aromatic rings. The second-order valence-electron chi connectivity index (χ2n) is 15.0. The van der Waals surface area contributed by atoms with Crippen molar-refractivity contribution in [2.45, 2.75) is 83.2 Å². The number of rotatable bonds is 8. The van der Waals surface area contributed by atoms with Gasteiger partial charge in [0.25, 0.3) is 5.56 Å². The summed E-state index contributed by atoms with van der Waals surface area (Å²) >= 11 is 0. The molecule has 6 heterocycles. The molecule has 4 fully saturated rings. The Morgan fingerprint density at radius 2 is 1.58 bits per heavy atom. The van der Waals surface area contributed by atoms with Crippen LogP contribution in [0.3, 0.4) is 0 Å². The summed E-state index contributed by atoms with van der Waals surface area (Å²) in [5.41, 5.74) is 4.35. The van der Waals surface area contributed by atoms with Crippen LogP contribution in [0.25, 0.3) is 11.0 Å². The second-order valence-corrected chi connectivity index (χ2v) is 15.0. The van der Waals surface area contributed by atoms with E-state index in [1.165, 1.54) is 6.92 Å². The molecule has 1 unspecified atom stereocenters. The first kappa shape index (κ1) is 34.9. The summed E-state index contributed by atoms with van der Waals surface area (Å²) in [6.07, 6.45) is 10.6. The van der Waals surface area contributed by atoms with E-state index in [-0.39, 0.29) is 40.7 Å². The smallest absolute Gasteiger partial charge is 0.263 e. The number of Topliss-reactive ketones (excluding diaryl/α,β-unsaturated/α-hetero) is 1. The molecule has 3 aliphatic heterocycles. The van der Waals surface area contributed by atoms with Crippen molar-refractivity contribution in [2.24, 2.45) is 0 Å². The third-order valence-electron chi connectivity index (χ3n) is 11.8. The molecular formula is C40H47N9O4. The average Bonchev–Trinajstić information content (AvgIpc) is 3.70. The Balaban J connectivity index is 0.869. The Hall–Kier alpha value is -5.17. The number of imide groups is 1. The summed E-state index contributed by atoms with van der Waals surface area (Å²) in [6, 6.07) is 12.9. The number of aryl methyl sites for hydroxylation is 1. The average molecular weight is 718 g/mol. The zero-order valence-corrected chi connectivity index (χ0v) is 30.5. The van der Waals surface area contributed by atoms with E-state index in [9.17, 15) is 19.2 Å². The van der Waals surface area contributed by atoms with Gasteiger partial charge in [0.05, 0.1) is 23.4 Å². The topological polar surface area (TPSA) is 146 Å². The minimum absolute atomic E-state index is 0.0217. The minimum atomic E-state index is -0.265. The van der Waals surface area contributed by atoms with Crippen LogP contribution in [-0.2, 0) is 9.59 Å². The molecule has 1 aliphatic carbocycles. The molecule has 0 bridgehead atoms. The van der Waals surface area contributed by atoms with Gasteiger partial charge in [0.2, 0.25) is 17.8 Å². The van der Waals surface area contributed by atoms with Gasteiger partial charge in [0, 0.05) is 75.0 Å². The van der Waals surface area contributed by atoms with Gasteiger partial charge in [-0.25, -0.2) is 9.97 Å². The molecule has 0 spiro atoms. The largest absolute Gasteiger partial charge is 0.371 e. The number of nitrogens with zero attached hydrogens (tertiary/aromatic N) is 7. The van der Waals surface area contributed by atoms with Crippen molar-refractivity contribution in [3.8, 4) is 0 Å². The van der Waals surface area contributed by atoms with Gasteiger partial charge in [0.1, 0.15) is 11.5 Å². The Bertz CT molecular complexity index is 2090. The molecular weight excluding hydrogens is 670 g/mol. The molecule has 1 aromatic carbocycles. The van der Waals surface area contributed by atoms with Crippen molar-refractivity contribution in [1.82, 2.24) is 29.7 Å². The predicted molar refractivity (Wildman–Crippen MR) is 204 cm³/mol. The van der Waals surface area contributed by atoms with E-state index in [0.29, 0.717) is 41.9 Å². The van der Waals surface area contributed by atoms with Crippen molar-refractivity contribution in [2.75, 3.05) is 54.4 Å². The Morgan fingerprint density at radius 1 is 0.830 bits per heavy atom. The molecule has 1 saturated carbocycles. The monoisotopic (exact) mass is 717 g/mol. The maximum atomic E-state index is 13.6. The highest BCUT2D eigenvalue weighted by Crippen LogP contribution is 2.33. The molecule has 3 saturated heterocycles. The van der Waals surface area contributed by atoms with Gasteiger partial charge in [-0.2, -0.15) is 4.98 Å². The lowest BCUT2D eigenvalue weighted by atomic mass is 9.90. The number of amides is 2. The van der Waals surface area contributed by atoms with Crippen LogP contribution in [0.1, 0.15) is 91.7 Å². The Morgan fingerprint density at radius 3 is 2.28 bits per heavy atom. The van der Waals surface area contributed by atoms with Crippen LogP contribution in [0.4, 0.5) is 23.1 Å². The number of fused-ring (bicyclic) bond motifs is 1. The van der Waals surface area contributed by atoms with Gasteiger partial charge in [-0.05, 0) is 81.3 Å². The lowest BCUT2D eigenvalue weighted by Crippen LogP contribution is -2.53. The number of aromatic nitrogens is 4. The van der Waals surface area contributed by atoms with Crippen molar-refractivity contribution in [1.29, 1.82) is 0 Å². The zero-order valence-electron chi connectivity index (χ0n) is 30.5. The first-order valence-electron chi connectivity index (χ1n) is 19.1. The van der Waals surface area contributed by atoms with E-state index < -0.39 is 0 Å². The van der Waals surface area contributed by atoms with Gasteiger partial charge < -0.3 is 15.1 Å². The van der Waals surface area contributed by atoms with E-state index in [2.05, 4.69) is 53.5 Å². The minimum Gasteiger partial charge on any atom is -0.371 e. The fraction of sp³-hybridized carbons (Fsp3) is 0.475. The summed E-state index contributed by atoms with van der Waals surface area (Å²) in [5.74, 6) is 0.108. The number of piperazine rings is 1. The number of benzene rings is 1. The molecule has 4 aliphatic rings. The number of nitrogens with one attached hydrogen (secondary N) is 2. The first-order chi connectivity index (χ1) is 25.7. The van der Waals surface area contributed by atoms with E-state index in [0.717, 1.165) is 100 Å². The van der Waals surface area contributed by atoms with Gasteiger partial charge in [-0.3, -0.25) is 34.0 Å². The van der Waals surface area contributed by atoms with E-state index in [4.69, 9.17) is 4.98 Å². The summed E-state index contributed by atoms with van der Waals surface area (Å²) in [5, 5.41) is 6.44. The van der Waals surface area contributed by atoms with Gasteiger partial charge in [-0.1, -0.05) is 25.0 Å². The second kappa shape index (κ2) is 14.7. The number of anilines is 4. The number of hydrogen-bond acceptors (Lipinski definition) is 11. The molecule has 13 nitrogen and oxygen atoms in total. The Kier molecular flexibility index (Phi) is 9.67. The predicted octanol–water partition coefficient (Wildman–Crippen LogP) is 4.87. The Labute approximate surface area is 308 Å². The van der Waals surface area contributed by atoms with Crippen LogP contribution in [-0.4, -0.2) is 87.3 Å². The number of hydrogen-bond donors (Lipinski definition) is 2. The van der Waals surface area contributed by atoms with Crippen molar-refractivity contribution in [3.63, 3.8) is 0 Å². The number of ketones is 1. The SMILES string of the molecule is CC(=O)c1c(C)c2cnc(Nc3ccc(N4CCN(C5CCN(c6cccc(C7CCC(=O)NC7=O)c6)CC5)CC4)cn3)nc2n(C2CCCC2)c1=O. The molecule has 1 atom stereocenters. The van der Waals surface area contributed by atoms with Gasteiger partial charge in [-0.15, -0.1) is 0 Å². The van der Waals surface area contributed by atoms with Crippen LogP contribution in [0.15, 0.2) is 53.6 Å². The van der Waals surface area contributed by atoms with Gasteiger partial charge >= 0.3 is 0 Å². The fourth-order valence-electron chi connectivity index (χ4n) is 8.85. The van der Waals surface area contributed by atoms with E-state index in [1.807, 2.05) is 24.4 Å². The van der Waals surface area contributed by atoms with Crippen LogP contribution >= 0.6 is 0 Å². The van der Waals surface area contributed by atoms with E-state index >= 15 is 0 Å². The number of carbonyl (C=O) groups is 3. The van der Waals surface area contributed by atoms with Crippen molar-refractivity contribution >= 4 is 51.8 Å². The fourth-order valence-corrected chi connectivity index (χ4v) is 8.85. The lowest BCUT2D eigenvalue weighted by Gasteiger charge is -2.43. The molecule has 2 N–H and O–H groups in total. The zero-order chi connectivity index (χ0) is 36.6. The standard InChI is InChI=1S/C40H47N9O4/c1-25-33-24-42-40(45-37(33)49(29-7-3-4-8-29)39(53)36(25)26(2)50)43-34-12-10-31(23-41-34)48-20-18-47(19-21-48)28-14-16-46(17-15-28)30-9-5-6-27(22-30)32-11-13-35(51)44-38(32)52/h5-6,9-10,12,22-24,28-29,32H,3-4,7-8,11,13-21H2,1-2H3,(H,44,51,52)(H,41,42,43,45). The highest BCUT2D eigenvalue weighted by Gasteiger charge is 2.31. The summed E-state index contributed by atoms with van der Waals surface area (Å²) in [4.78, 5) is 71.5. The van der Waals surface area contributed by atoms with E-state index in [1.54, 1.807) is 17.7 Å². The molecule has 3 aromatic heterocycles. The quantitative estimate of drug-likeness (QED) is 0.190. The number of carbonyl (C=O) groups excluding carboxylic acids is 3. The summed E-state index contributed by atoms with van der Waals surface area (Å²) in [6.45, 7) is 9.03. The lowest BCUT2D eigenvalue weighted by molar-refractivity contribution is -0.134. The third-order valence-corrected chi connectivity index (χ3v) is 11.8. The maximum Gasteiger partial charge on any atom is 0.263 e. The highest BCUT2D eigenvalue weighted by molar-refractivity contribution is 6.01. The number of pyridine rings is 2. The summed E-state index contributed by atoms with van der Waals surface area (Å²) in [7, 11) is 0. The first-order valence-corrected chi connectivity index (χ1v) is 19.1. The van der Waals surface area contributed by atoms with Gasteiger partial charge in [0.15, 0.2) is 5.78 Å². The van der Waals surface area contributed by atoms with Crippen LogP contribution in [0, 0.1) is 6.92 Å². The highest BCUT2D eigenvalue weighted by atomic mass is 16.2. The molecule has 53 heavy (non-hydrogen) atoms. The summed E-state index contributed by atoms with van der Waals surface area (Å²) < 4.78 is 1.73. The molecule has 8 rings (SSSR count). The third kappa shape index (κ3) is 7.01. The van der Waals surface area contributed by atoms with Crippen molar-refractivity contribution < 1.29 is 14.4 Å².